The van der Waals surface area contributed by atoms with E-state index in [0.717, 1.165) is 36.2 Å². The van der Waals surface area contributed by atoms with Crippen LogP contribution in [0.1, 0.15) is 17.7 Å². The predicted molar refractivity (Wildman–Crippen MR) is 103 cm³/mol. The molecule has 1 fully saturated rings. The van der Waals surface area contributed by atoms with Crippen molar-refractivity contribution in [1.29, 1.82) is 0 Å². The topological polar surface area (TPSA) is 83.6 Å². The van der Waals surface area contributed by atoms with Crippen molar-refractivity contribution in [2.75, 3.05) is 31.6 Å². The van der Waals surface area contributed by atoms with E-state index in [1.165, 1.54) is 0 Å². The van der Waals surface area contributed by atoms with Crippen LogP contribution in [0.3, 0.4) is 0 Å². The van der Waals surface area contributed by atoms with Crippen LogP contribution in [0.4, 0.5) is 15.3 Å². The van der Waals surface area contributed by atoms with Crippen LogP contribution in [0.2, 0.25) is 0 Å². The lowest BCUT2D eigenvalue weighted by atomic mass is 10.1. The number of carbonyl (C=O) groups is 2. The molecule has 142 valence electrons. The van der Waals surface area contributed by atoms with Gasteiger partial charge in [0.1, 0.15) is 0 Å². The molecule has 0 atom stereocenters. The second kappa shape index (κ2) is 9.56. The van der Waals surface area contributed by atoms with Crippen LogP contribution in [0, 0.1) is 0 Å². The molecule has 0 bridgehead atoms. The number of para-hydroxylation sites is 1. The minimum absolute atomic E-state index is 0.286. The number of urea groups is 1. The number of hydrogen-bond acceptors (Lipinski definition) is 4. The van der Waals surface area contributed by atoms with Gasteiger partial charge in [-0.05, 0) is 43.0 Å². The molecule has 1 aliphatic rings. The SMILES string of the molecule is O=C(NCCN1CCCOC1=O)Nc1ccccc1CCc1ccccn1. The van der Waals surface area contributed by atoms with Gasteiger partial charge in [-0.25, -0.2) is 9.59 Å². The Hall–Kier alpha value is -3.09. The highest BCUT2D eigenvalue weighted by Gasteiger charge is 2.19. The lowest BCUT2D eigenvalue weighted by Gasteiger charge is -2.26. The third kappa shape index (κ3) is 5.70. The molecule has 2 N–H and O–H groups in total. The molecule has 1 saturated heterocycles. The van der Waals surface area contributed by atoms with Crippen LogP contribution in [0.5, 0.6) is 0 Å². The average molecular weight is 368 g/mol. The van der Waals surface area contributed by atoms with Gasteiger partial charge < -0.3 is 20.3 Å². The summed E-state index contributed by atoms with van der Waals surface area (Å²) in [6, 6.07) is 13.3. The van der Waals surface area contributed by atoms with Gasteiger partial charge in [0, 0.05) is 37.2 Å². The fourth-order valence-electron chi connectivity index (χ4n) is 2.94. The third-order valence-corrected chi connectivity index (χ3v) is 4.37. The summed E-state index contributed by atoms with van der Waals surface area (Å²) in [6.07, 6.45) is 3.88. The second-order valence-electron chi connectivity index (χ2n) is 6.31. The maximum Gasteiger partial charge on any atom is 0.409 e. The zero-order valence-corrected chi connectivity index (χ0v) is 15.2. The first-order chi connectivity index (χ1) is 13.2. The maximum absolute atomic E-state index is 12.2. The molecule has 1 aromatic carbocycles. The Morgan fingerprint density at radius 1 is 1.15 bits per heavy atom. The van der Waals surface area contributed by atoms with Gasteiger partial charge in [0.25, 0.3) is 0 Å². The summed E-state index contributed by atoms with van der Waals surface area (Å²) in [5.41, 5.74) is 2.85. The molecule has 3 rings (SSSR count). The van der Waals surface area contributed by atoms with Gasteiger partial charge in [0.05, 0.1) is 6.61 Å². The summed E-state index contributed by atoms with van der Waals surface area (Å²) in [5, 5.41) is 5.68. The van der Waals surface area contributed by atoms with E-state index in [-0.39, 0.29) is 12.1 Å². The molecule has 0 radical (unpaired) electrons. The van der Waals surface area contributed by atoms with E-state index in [9.17, 15) is 9.59 Å². The number of nitrogens with one attached hydrogen (secondary N) is 2. The van der Waals surface area contributed by atoms with E-state index < -0.39 is 0 Å². The molecule has 0 unspecified atom stereocenters. The van der Waals surface area contributed by atoms with E-state index in [2.05, 4.69) is 15.6 Å². The highest BCUT2D eigenvalue weighted by molar-refractivity contribution is 5.90. The lowest BCUT2D eigenvalue weighted by Crippen LogP contribution is -2.43. The van der Waals surface area contributed by atoms with Crippen molar-refractivity contribution in [2.24, 2.45) is 0 Å². The Kier molecular flexibility index (Phi) is 6.62. The first-order valence-electron chi connectivity index (χ1n) is 9.17. The molecule has 0 aliphatic carbocycles. The molecule has 2 heterocycles. The summed E-state index contributed by atoms with van der Waals surface area (Å²) >= 11 is 0. The van der Waals surface area contributed by atoms with Crippen LogP contribution in [-0.4, -0.2) is 48.2 Å². The van der Waals surface area contributed by atoms with E-state index >= 15 is 0 Å². The highest BCUT2D eigenvalue weighted by Crippen LogP contribution is 2.17. The van der Waals surface area contributed by atoms with Gasteiger partial charge in [-0.1, -0.05) is 24.3 Å². The Morgan fingerprint density at radius 3 is 2.81 bits per heavy atom. The third-order valence-electron chi connectivity index (χ3n) is 4.37. The number of cyclic esters (lactones) is 1. The van der Waals surface area contributed by atoms with Crippen molar-refractivity contribution < 1.29 is 14.3 Å². The van der Waals surface area contributed by atoms with Crippen molar-refractivity contribution in [3.8, 4) is 0 Å². The Bertz CT molecular complexity index is 767. The number of amides is 3. The molecule has 7 nitrogen and oxygen atoms in total. The van der Waals surface area contributed by atoms with E-state index in [1.807, 2.05) is 42.5 Å². The van der Waals surface area contributed by atoms with Gasteiger partial charge in [-0.2, -0.15) is 0 Å². The van der Waals surface area contributed by atoms with Crippen LogP contribution in [0.15, 0.2) is 48.7 Å². The summed E-state index contributed by atoms with van der Waals surface area (Å²) in [4.78, 5) is 29.7. The van der Waals surface area contributed by atoms with Crippen LogP contribution in [0.25, 0.3) is 0 Å². The van der Waals surface area contributed by atoms with Gasteiger partial charge in [-0.15, -0.1) is 0 Å². The van der Waals surface area contributed by atoms with E-state index in [1.54, 1.807) is 11.1 Å². The fraction of sp³-hybridized carbons (Fsp3) is 0.350. The molecular formula is C20H24N4O3. The number of anilines is 1. The number of rotatable bonds is 7. The monoisotopic (exact) mass is 368 g/mol. The van der Waals surface area contributed by atoms with Crippen molar-refractivity contribution in [3.63, 3.8) is 0 Å². The average Bonchev–Trinajstić information content (AvgIpc) is 2.69. The quantitative estimate of drug-likeness (QED) is 0.787. The molecule has 7 heteroatoms. The summed E-state index contributed by atoms with van der Waals surface area (Å²) in [7, 11) is 0. The molecule has 0 spiro atoms. The van der Waals surface area contributed by atoms with Gasteiger partial charge >= 0.3 is 12.1 Å². The minimum atomic E-state index is -0.316. The van der Waals surface area contributed by atoms with Gasteiger partial charge in [-0.3, -0.25) is 4.98 Å². The molecule has 1 aliphatic heterocycles. The highest BCUT2D eigenvalue weighted by atomic mass is 16.6. The normalized spacial score (nSPS) is 13.8. The largest absolute Gasteiger partial charge is 0.449 e. The number of aryl methyl sites for hydroxylation is 2. The standard InChI is InChI=1S/C20H24N4O3/c25-19(22-12-14-24-13-5-15-27-20(24)26)23-18-8-2-1-6-16(18)9-10-17-7-3-4-11-21-17/h1-4,6-8,11H,5,9-10,12-15H2,(H2,22,23,25). The maximum atomic E-state index is 12.2. The molecular weight excluding hydrogens is 344 g/mol. The van der Waals surface area contributed by atoms with Crippen LogP contribution < -0.4 is 10.6 Å². The summed E-state index contributed by atoms with van der Waals surface area (Å²) in [6.45, 7) is 1.95. The Labute approximate surface area is 158 Å². The number of ether oxygens (including phenoxy) is 1. The van der Waals surface area contributed by atoms with Crippen molar-refractivity contribution in [2.45, 2.75) is 19.3 Å². The number of carbonyl (C=O) groups excluding carboxylic acids is 2. The number of nitrogens with zero attached hydrogens (tertiary/aromatic N) is 2. The van der Waals surface area contributed by atoms with Crippen molar-refractivity contribution >= 4 is 17.8 Å². The van der Waals surface area contributed by atoms with E-state index in [4.69, 9.17) is 4.74 Å². The van der Waals surface area contributed by atoms with Crippen LogP contribution in [-0.2, 0) is 17.6 Å². The summed E-state index contributed by atoms with van der Waals surface area (Å²) in [5.74, 6) is 0. The molecule has 2 aromatic rings. The number of benzene rings is 1. The molecule has 3 amide bonds. The minimum Gasteiger partial charge on any atom is -0.449 e. The van der Waals surface area contributed by atoms with E-state index in [0.29, 0.717) is 26.2 Å². The summed E-state index contributed by atoms with van der Waals surface area (Å²) < 4.78 is 4.98. The predicted octanol–water partition coefficient (Wildman–Crippen LogP) is 2.83. The molecule has 27 heavy (non-hydrogen) atoms. The fourth-order valence-corrected chi connectivity index (χ4v) is 2.94. The number of aromatic nitrogens is 1. The Morgan fingerprint density at radius 2 is 2.00 bits per heavy atom. The van der Waals surface area contributed by atoms with Crippen molar-refractivity contribution in [1.82, 2.24) is 15.2 Å². The first kappa shape index (κ1) is 18.7. The second-order valence-corrected chi connectivity index (χ2v) is 6.31. The number of pyridine rings is 1. The first-order valence-corrected chi connectivity index (χ1v) is 9.17. The molecule has 0 saturated carbocycles. The number of hydrogen-bond donors (Lipinski definition) is 2. The van der Waals surface area contributed by atoms with Gasteiger partial charge in [0.15, 0.2) is 0 Å². The zero-order chi connectivity index (χ0) is 18.9. The Balaban J connectivity index is 1.48. The van der Waals surface area contributed by atoms with Gasteiger partial charge in [0.2, 0.25) is 0 Å². The van der Waals surface area contributed by atoms with Crippen molar-refractivity contribution in [3.05, 3.63) is 59.9 Å². The smallest absolute Gasteiger partial charge is 0.409 e. The lowest BCUT2D eigenvalue weighted by molar-refractivity contribution is 0.0736. The molecule has 1 aromatic heterocycles. The zero-order valence-electron chi connectivity index (χ0n) is 15.2. The van der Waals surface area contributed by atoms with Crippen LogP contribution >= 0.6 is 0 Å².